The molecular formula is C24H24N4O3. The summed E-state index contributed by atoms with van der Waals surface area (Å²) < 4.78 is 10.5. The smallest absolute Gasteiger partial charge is 0.261 e. The van der Waals surface area contributed by atoms with Gasteiger partial charge >= 0.3 is 0 Å². The number of carbonyl (C=O) groups excluding carboxylic acids is 1. The van der Waals surface area contributed by atoms with Crippen LogP contribution in [0.5, 0.6) is 11.5 Å². The van der Waals surface area contributed by atoms with Gasteiger partial charge in [-0.1, -0.05) is 35.9 Å². The SMILES string of the molecule is COc1ccc(CCNC(=O)C(C#N)=Cc2cn[nH]c2-c2ccc(C)cc2)cc1OC. The van der Waals surface area contributed by atoms with E-state index < -0.39 is 5.91 Å². The lowest BCUT2D eigenvalue weighted by atomic mass is 10.0. The van der Waals surface area contributed by atoms with Gasteiger partial charge in [0, 0.05) is 17.7 Å². The molecule has 3 rings (SSSR count). The average molecular weight is 416 g/mol. The maximum absolute atomic E-state index is 12.5. The second-order valence-electron chi connectivity index (χ2n) is 6.93. The van der Waals surface area contributed by atoms with Crippen LogP contribution in [0.2, 0.25) is 0 Å². The summed E-state index contributed by atoms with van der Waals surface area (Å²) in [5, 5.41) is 19.3. The minimum Gasteiger partial charge on any atom is -0.493 e. The van der Waals surface area contributed by atoms with Crippen molar-refractivity contribution in [3.63, 3.8) is 0 Å². The summed E-state index contributed by atoms with van der Waals surface area (Å²) in [6.45, 7) is 2.39. The Hall–Kier alpha value is -4.05. The van der Waals surface area contributed by atoms with Gasteiger partial charge in [-0.15, -0.1) is 0 Å². The summed E-state index contributed by atoms with van der Waals surface area (Å²) in [6.07, 6.45) is 3.74. The van der Waals surface area contributed by atoms with E-state index in [0.717, 1.165) is 22.4 Å². The Morgan fingerprint density at radius 2 is 1.90 bits per heavy atom. The first kappa shape index (κ1) is 21.7. The molecule has 0 fully saturated rings. The van der Waals surface area contributed by atoms with Crippen molar-refractivity contribution in [3.8, 4) is 28.8 Å². The van der Waals surface area contributed by atoms with Crippen molar-refractivity contribution in [3.05, 3.63) is 70.9 Å². The van der Waals surface area contributed by atoms with E-state index in [-0.39, 0.29) is 5.57 Å². The molecule has 158 valence electrons. The largest absolute Gasteiger partial charge is 0.493 e. The molecule has 0 aliphatic carbocycles. The number of ether oxygens (including phenoxy) is 2. The molecule has 31 heavy (non-hydrogen) atoms. The molecule has 0 atom stereocenters. The highest BCUT2D eigenvalue weighted by molar-refractivity contribution is 6.02. The molecule has 0 unspecified atom stereocenters. The van der Waals surface area contributed by atoms with E-state index in [2.05, 4.69) is 15.5 Å². The zero-order valence-electron chi connectivity index (χ0n) is 17.7. The van der Waals surface area contributed by atoms with E-state index in [9.17, 15) is 10.1 Å². The van der Waals surface area contributed by atoms with Gasteiger partial charge in [-0.25, -0.2) is 0 Å². The molecule has 1 aromatic heterocycles. The van der Waals surface area contributed by atoms with Crippen molar-refractivity contribution >= 4 is 12.0 Å². The van der Waals surface area contributed by atoms with Crippen LogP contribution in [0.3, 0.4) is 0 Å². The van der Waals surface area contributed by atoms with Gasteiger partial charge in [0.2, 0.25) is 0 Å². The summed E-state index contributed by atoms with van der Waals surface area (Å²) in [4.78, 5) is 12.5. The van der Waals surface area contributed by atoms with Gasteiger partial charge < -0.3 is 14.8 Å². The normalized spacial score (nSPS) is 11.0. The number of carbonyl (C=O) groups is 1. The molecule has 3 aromatic rings. The number of nitriles is 1. The third-order valence-electron chi connectivity index (χ3n) is 4.82. The third kappa shape index (κ3) is 5.31. The summed E-state index contributed by atoms with van der Waals surface area (Å²) in [5.74, 6) is 0.848. The number of methoxy groups -OCH3 is 2. The zero-order valence-corrected chi connectivity index (χ0v) is 17.7. The molecule has 1 heterocycles. The first-order chi connectivity index (χ1) is 15.0. The highest BCUT2D eigenvalue weighted by Crippen LogP contribution is 2.27. The molecule has 0 spiro atoms. The summed E-state index contributed by atoms with van der Waals surface area (Å²) in [7, 11) is 3.16. The fourth-order valence-electron chi connectivity index (χ4n) is 3.11. The van der Waals surface area contributed by atoms with Crippen LogP contribution in [-0.2, 0) is 11.2 Å². The Morgan fingerprint density at radius 1 is 1.16 bits per heavy atom. The molecule has 7 heteroatoms. The minimum atomic E-state index is -0.431. The molecule has 2 N–H and O–H groups in total. The van der Waals surface area contributed by atoms with Crippen molar-refractivity contribution in [2.75, 3.05) is 20.8 Å². The van der Waals surface area contributed by atoms with E-state index in [1.54, 1.807) is 26.5 Å². The van der Waals surface area contributed by atoms with Crippen molar-refractivity contribution in [1.29, 1.82) is 5.26 Å². The Bertz CT molecular complexity index is 1120. The molecule has 0 aliphatic heterocycles. The Balaban J connectivity index is 1.68. The highest BCUT2D eigenvalue weighted by Gasteiger charge is 2.12. The predicted molar refractivity (Wildman–Crippen MR) is 119 cm³/mol. The van der Waals surface area contributed by atoms with Crippen LogP contribution in [0, 0.1) is 18.3 Å². The lowest BCUT2D eigenvalue weighted by Crippen LogP contribution is -2.26. The average Bonchev–Trinajstić information content (AvgIpc) is 3.25. The summed E-state index contributed by atoms with van der Waals surface area (Å²) >= 11 is 0. The molecular weight excluding hydrogens is 392 g/mol. The zero-order chi connectivity index (χ0) is 22.2. The monoisotopic (exact) mass is 416 g/mol. The molecule has 0 aliphatic rings. The highest BCUT2D eigenvalue weighted by atomic mass is 16.5. The van der Waals surface area contributed by atoms with E-state index in [0.29, 0.717) is 30.0 Å². The van der Waals surface area contributed by atoms with Crippen LogP contribution in [0.1, 0.15) is 16.7 Å². The van der Waals surface area contributed by atoms with Crippen molar-refractivity contribution in [2.24, 2.45) is 0 Å². The van der Waals surface area contributed by atoms with Gasteiger partial charge in [-0.05, 0) is 37.1 Å². The predicted octanol–water partition coefficient (Wildman–Crippen LogP) is 3.67. The topological polar surface area (TPSA) is 100 Å². The van der Waals surface area contributed by atoms with Gasteiger partial charge in [0.15, 0.2) is 11.5 Å². The number of benzene rings is 2. The van der Waals surface area contributed by atoms with Crippen LogP contribution in [0.25, 0.3) is 17.3 Å². The lowest BCUT2D eigenvalue weighted by Gasteiger charge is -2.10. The van der Waals surface area contributed by atoms with Crippen molar-refractivity contribution < 1.29 is 14.3 Å². The maximum Gasteiger partial charge on any atom is 0.261 e. The third-order valence-corrected chi connectivity index (χ3v) is 4.82. The Labute approximate surface area is 181 Å². The Morgan fingerprint density at radius 3 is 2.58 bits per heavy atom. The first-order valence-corrected chi connectivity index (χ1v) is 9.77. The quantitative estimate of drug-likeness (QED) is 0.431. The van der Waals surface area contributed by atoms with Gasteiger partial charge in [-0.3, -0.25) is 9.89 Å². The first-order valence-electron chi connectivity index (χ1n) is 9.77. The van der Waals surface area contributed by atoms with Crippen LogP contribution in [0.15, 0.2) is 54.2 Å². The molecule has 7 nitrogen and oxygen atoms in total. The maximum atomic E-state index is 12.5. The fourth-order valence-corrected chi connectivity index (χ4v) is 3.11. The van der Waals surface area contributed by atoms with Crippen molar-refractivity contribution in [2.45, 2.75) is 13.3 Å². The number of nitrogens with zero attached hydrogens (tertiary/aromatic N) is 2. The molecule has 0 saturated carbocycles. The summed E-state index contributed by atoms with van der Waals surface area (Å²) in [6, 6.07) is 15.5. The van der Waals surface area contributed by atoms with E-state index in [1.807, 2.05) is 55.5 Å². The second-order valence-corrected chi connectivity index (χ2v) is 6.93. The van der Waals surface area contributed by atoms with Crippen molar-refractivity contribution in [1.82, 2.24) is 15.5 Å². The van der Waals surface area contributed by atoms with Crippen LogP contribution in [-0.4, -0.2) is 36.9 Å². The van der Waals surface area contributed by atoms with Crippen LogP contribution in [0.4, 0.5) is 0 Å². The van der Waals surface area contributed by atoms with Gasteiger partial charge in [0.1, 0.15) is 11.6 Å². The molecule has 0 bridgehead atoms. The van der Waals surface area contributed by atoms with E-state index in [4.69, 9.17) is 9.47 Å². The molecule has 2 aromatic carbocycles. The standard InChI is InChI=1S/C24H24N4O3/c1-16-4-7-18(8-5-16)23-20(15-27-28-23)13-19(14-25)24(29)26-11-10-17-6-9-21(30-2)22(12-17)31-3/h4-9,12-13,15H,10-11H2,1-3H3,(H,26,29)(H,27,28). The van der Waals surface area contributed by atoms with E-state index in [1.165, 1.54) is 0 Å². The number of aromatic nitrogens is 2. The number of nitrogens with one attached hydrogen (secondary N) is 2. The lowest BCUT2D eigenvalue weighted by molar-refractivity contribution is -0.117. The number of hydrogen-bond donors (Lipinski definition) is 2. The number of rotatable bonds is 8. The van der Waals surface area contributed by atoms with Crippen LogP contribution >= 0.6 is 0 Å². The number of hydrogen-bond acceptors (Lipinski definition) is 5. The fraction of sp³-hybridized carbons (Fsp3) is 0.208. The van der Waals surface area contributed by atoms with Gasteiger partial charge in [0.25, 0.3) is 5.91 Å². The Kier molecular flexibility index (Phi) is 7.07. The number of amides is 1. The molecule has 0 saturated heterocycles. The molecule has 1 amide bonds. The number of aromatic amines is 1. The minimum absolute atomic E-state index is 0.0158. The number of H-pyrrole nitrogens is 1. The summed E-state index contributed by atoms with van der Waals surface area (Å²) in [5.41, 5.74) is 4.51. The van der Waals surface area contributed by atoms with Gasteiger partial charge in [-0.2, -0.15) is 10.4 Å². The van der Waals surface area contributed by atoms with Gasteiger partial charge in [0.05, 0.1) is 26.1 Å². The number of aryl methyl sites for hydroxylation is 1. The second kappa shape index (κ2) is 10.1. The van der Waals surface area contributed by atoms with E-state index >= 15 is 0 Å². The van der Waals surface area contributed by atoms with Crippen LogP contribution < -0.4 is 14.8 Å². The molecule has 0 radical (unpaired) electrons.